The van der Waals surface area contributed by atoms with Gasteiger partial charge in [-0.25, -0.2) is 0 Å². The van der Waals surface area contributed by atoms with Gasteiger partial charge in [-0.2, -0.15) is 0 Å². The van der Waals surface area contributed by atoms with Crippen molar-refractivity contribution in [2.45, 2.75) is 39.0 Å². The Morgan fingerprint density at radius 2 is 1.95 bits per heavy atom. The number of hydrogen-bond acceptors (Lipinski definition) is 2. The van der Waals surface area contributed by atoms with Crippen LogP contribution in [0.2, 0.25) is 0 Å². The van der Waals surface area contributed by atoms with Gasteiger partial charge in [-0.15, -0.1) is 0 Å². The van der Waals surface area contributed by atoms with E-state index >= 15 is 0 Å². The normalized spacial score (nSPS) is 12.2. The van der Waals surface area contributed by atoms with Gasteiger partial charge in [0.2, 0.25) is 5.91 Å². The first-order chi connectivity index (χ1) is 9.15. The molecule has 1 atom stereocenters. The van der Waals surface area contributed by atoms with Gasteiger partial charge in [-0.1, -0.05) is 19.8 Å². The van der Waals surface area contributed by atoms with E-state index < -0.39 is 0 Å². The van der Waals surface area contributed by atoms with E-state index in [0.29, 0.717) is 18.9 Å². The summed E-state index contributed by atoms with van der Waals surface area (Å²) in [6, 6.07) is 7.85. The third-order valence-electron chi connectivity index (χ3n) is 3.18. The Hall–Kier alpha value is -0.620. The van der Waals surface area contributed by atoms with Crippen molar-refractivity contribution in [2.24, 2.45) is 11.7 Å². The van der Waals surface area contributed by atoms with Gasteiger partial charge in [0.25, 0.3) is 0 Å². The Bertz CT molecular complexity index is 372. The zero-order valence-corrected chi connectivity index (χ0v) is 13.7. The topological polar surface area (TPSA) is 55.1 Å². The van der Waals surface area contributed by atoms with E-state index in [1.807, 2.05) is 24.3 Å². The van der Waals surface area contributed by atoms with E-state index in [9.17, 15) is 4.79 Å². The van der Waals surface area contributed by atoms with E-state index in [-0.39, 0.29) is 5.91 Å². The Kier molecular flexibility index (Phi) is 8.05. The molecule has 0 bridgehead atoms. The molecule has 1 aromatic carbocycles. The average molecular weight is 374 g/mol. The summed E-state index contributed by atoms with van der Waals surface area (Å²) in [4.78, 5) is 11.9. The highest BCUT2D eigenvalue weighted by molar-refractivity contribution is 14.1. The molecule has 0 spiro atoms. The van der Waals surface area contributed by atoms with Gasteiger partial charge >= 0.3 is 0 Å². The smallest absolute Gasteiger partial charge is 0.224 e. The standard InChI is InChI=1S/C15H23IN2O/c1-2-3-12(10-11-17)4-9-15(19)18-14-7-5-13(16)6-8-14/h5-8,12H,2-4,9-11,17H2,1H3,(H,18,19). The molecule has 0 saturated carbocycles. The predicted octanol–water partition coefficient (Wildman–Crippen LogP) is 3.78. The van der Waals surface area contributed by atoms with Gasteiger partial charge in [0.05, 0.1) is 0 Å². The molecular weight excluding hydrogens is 351 g/mol. The van der Waals surface area contributed by atoms with E-state index in [4.69, 9.17) is 5.73 Å². The largest absolute Gasteiger partial charge is 0.330 e. The summed E-state index contributed by atoms with van der Waals surface area (Å²) in [6.45, 7) is 2.89. The van der Waals surface area contributed by atoms with Crippen molar-refractivity contribution in [3.05, 3.63) is 27.8 Å². The van der Waals surface area contributed by atoms with Crippen molar-refractivity contribution in [1.29, 1.82) is 0 Å². The molecule has 1 rings (SSSR count). The Labute approximate surface area is 129 Å². The van der Waals surface area contributed by atoms with Gasteiger partial charge in [0.15, 0.2) is 0 Å². The van der Waals surface area contributed by atoms with Gasteiger partial charge in [0, 0.05) is 15.7 Å². The van der Waals surface area contributed by atoms with Crippen molar-refractivity contribution in [3.63, 3.8) is 0 Å². The van der Waals surface area contributed by atoms with Crippen molar-refractivity contribution in [1.82, 2.24) is 0 Å². The maximum absolute atomic E-state index is 11.9. The molecule has 1 amide bonds. The Balaban J connectivity index is 2.35. The summed E-state index contributed by atoms with van der Waals surface area (Å²) in [5.74, 6) is 0.678. The van der Waals surface area contributed by atoms with E-state index in [1.54, 1.807) is 0 Å². The van der Waals surface area contributed by atoms with Gasteiger partial charge in [0.1, 0.15) is 0 Å². The first-order valence-corrected chi connectivity index (χ1v) is 7.99. The lowest BCUT2D eigenvalue weighted by Crippen LogP contribution is -2.15. The number of nitrogens with one attached hydrogen (secondary N) is 1. The molecule has 0 aromatic heterocycles. The van der Waals surface area contributed by atoms with Crippen LogP contribution in [0.3, 0.4) is 0 Å². The molecule has 0 fully saturated rings. The van der Waals surface area contributed by atoms with Crippen molar-refractivity contribution >= 4 is 34.2 Å². The number of halogens is 1. The summed E-state index contributed by atoms with van der Waals surface area (Å²) in [5, 5.41) is 2.94. The number of anilines is 1. The minimum atomic E-state index is 0.0966. The predicted molar refractivity (Wildman–Crippen MR) is 89.1 cm³/mol. The van der Waals surface area contributed by atoms with Crippen LogP contribution in [0.1, 0.15) is 39.0 Å². The van der Waals surface area contributed by atoms with Crippen LogP contribution in [0.5, 0.6) is 0 Å². The van der Waals surface area contributed by atoms with Gasteiger partial charge in [-0.3, -0.25) is 4.79 Å². The molecule has 1 aromatic rings. The fraction of sp³-hybridized carbons (Fsp3) is 0.533. The van der Waals surface area contributed by atoms with Crippen molar-refractivity contribution in [2.75, 3.05) is 11.9 Å². The van der Waals surface area contributed by atoms with Crippen molar-refractivity contribution < 1.29 is 4.79 Å². The highest BCUT2D eigenvalue weighted by Gasteiger charge is 2.10. The first-order valence-electron chi connectivity index (χ1n) is 6.91. The number of carbonyl (C=O) groups excluding carboxylic acids is 1. The second kappa shape index (κ2) is 9.31. The second-order valence-electron chi connectivity index (χ2n) is 4.83. The van der Waals surface area contributed by atoms with Crippen molar-refractivity contribution in [3.8, 4) is 0 Å². The fourth-order valence-corrected chi connectivity index (χ4v) is 2.53. The van der Waals surface area contributed by atoms with Crippen LogP contribution < -0.4 is 11.1 Å². The van der Waals surface area contributed by atoms with Gasteiger partial charge < -0.3 is 11.1 Å². The molecule has 3 nitrogen and oxygen atoms in total. The monoisotopic (exact) mass is 374 g/mol. The summed E-state index contributed by atoms with van der Waals surface area (Å²) >= 11 is 2.25. The number of carbonyl (C=O) groups is 1. The van der Waals surface area contributed by atoms with Crippen LogP contribution in [0.4, 0.5) is 5.69 Å². The molecule has 1 unspecified atom stereocenters. The molecule has 3 N–H and O–H groups in total. The summed E-state index contributed by atoms with van der Waals surface area (Å²) in [5.41, 5.74) is 6.47. The quantitative estimate of drug-likeness (QED) is 0.681. The number of rotatable bonds is 8. The lowest BCUT2D eigenvalue weighted by atomic mass is 9.94. The highest BCUT2D eigenvalue weighted by Crippen LogP contribution is 2.18. The average Bonchev–Trinajstić information content (AvgIpc) is 2.39. The molecule has 0 heterocycles. The molecular formula is C15H23IN2O. The second-order valence-corrected chi connectivity index (χ2v) is 6.07. The van der Waals surface area contributed by atoms with E-state index in [1.165, 1.54) is 3.57 Å². The summed E-state index contributed by atoms with van der Waals surface area (Å²) in [6.07, 6.45) is 4.85. The SMILES string of the molecule is CCCC(CCN)CCC(=O)Nc1ccc(I)cc1. The number of amides is 1. The number of benzene rings is 1. The number of hydrogen-bond donors (Lipinski definition) is 2. The van der Waals surface area contributed by atoms with E-state index in [2.05, 4.69) is 34.8 Å². The fourth-order valence-electron chi connectivity index (χ4n) is 2.17. The Morgan fingerprint density at radius 1 is 1.26 bits per heavy atom. The third-order valence-corrected chi connectivity index (χ3v) is 3.90. The van der Waals surface area contributed by atoms with Gasteiger partial charge in [-0.05, 0) is 72.2 Å². The van der Waals surface area contributed by atoms with Crippen LogP contribution >= 0.6 is 22.6 Å². The Morgan fingerprint density at radius 3 is 2.53 bits per heavy atom. The van der Waals surface area contributed by atoms with E-state index in [0.717, 1.165) is 31.4 Å². The maximum atomic E-state index is 11.9. The summed E-state index contributed by atoms with van der Waals surface area (Å²) in [7, 11) is 0. The maximum Gasteiger partial charge on any atom is 0.224 e. The lowest BCUT2D eigenvalue weighted by molar-refractivity contribution is -0.116. The third kappa shape index (κ3) is 6.92. The zero-order valence-electron chi connectivity index (χ0n) is 11.5. The molecule has 0 aliphatic heterocycles. The molecule has 19 heavy (non-hydrogen) atoms. The molecule has 0 aliphatic carbocycles. The lowest BCUT2D eigenvalue weighted by Gasteiger charge is -2.14. The zero-order chi connectivity index (χ0) is 14.1. The van der Waals surface area contributed by atoms with Crippen LogP contribution in [0.15, 0.2) is 24.3 Å². The first kappa shape index (κ1) is 16.4. The molecule has 0 aliphatic rings. The highest BCUT2D eigenvalue weighted by atomic mass is 127. The number of nitrogens with two attached hydrogens (primary N) is 1. The van der Waals surface area contributed by atoms with Crippen LogP contribution in [-0.2, 0) is 4.79 Å². The molecule has 0 radical (unpaired) electrons. The summed E-state index contributed by atoms with van der Waals surface area (Å²) < 4.78 is 1.17. The van der Waals surface area contributed by atoms with Crippen LogP contribution in [0.25, 0.3) is 0 Å². The molecule has 106 valence electrons. The van der Waals surface area contributed by atoms with Crippen LogP contribution in [0, 0.1) is 9.49 Å². The minimum Gasteiger partial charge on any atom is -0.330 e. The molecule has 4 heteroatoms. The van der Waals surface area contributed by atoms with Crippen LogP contribution in [-0.4, -0.2) is 12.5 Å². The molecule has 0 saturated heterocycles. The minimum absolute atomic E-state index is 0.0966.